The standard InChI is InChI=1S/C7H6N2OS/c8-9-5-3-1-2-4-6(5)10-7(9)11/h1-4H,8H2. The fraction of sp³-hybridized carbons (Fsp3) is 0. The Morgan fingerprint density at radius 2 is 2.09 bits per heavy atom. The molecule has 2 rings (SSSR count). The molecule has 0 saturated carbocycles. The zero-order chi connectivity index (χ0) is 7.84. The fourth-order valence-corrected chi connectivity index (χ4v) is 1.17. The second kappa shape index (κ2) is 2.10. The van der Waals surface area contributed by atoms with Crippen molar-refractivity contribution in [3.63, 3.8) is 0 Å². The molecule has 0 aliphatic rings. The van der Waals surface area contributed by atoms with Gasteiger partial charge < -0.3 is 10.3 Å². The van der Waals surface area contributed by atoms with Crippen molar-refractivity contribution in [1.82, 2.24) is 4.68 Å². The highest BCUT2D eigenvalue weighted by molar-refractivity contribution is 7.71. The number of nitrogens with zero attached hydrogens (tertiary/aromatic N) is 1. The highest BCUT2D eigenvalue weighted by Gasteiger charge is 2.00. The van der Waals surface area contributed by atoms with E-state index in [0.717, 1.165) is 11.1 Å². The van der Waals surface area contributed by atoms with Crippen LogP contribution in [0.5, 0.6) is 0 Å². The SMILES string of the molecule is Nn1c(=S)oc2ccccc21. The van der Waals surface area contributed by atoms with E-state index in [1.807, 2.05) is 24.3 Å². The monoisotopic (exact) mass is 166 g/mol. The fourth-order valence-electron chi connectivity index (χ4n) is 0.984. The summed E-state index contributed by atoms with van der Waals surface area (Å²) in [6, 6.07) is 7.44. The van der Waals surface area contributed by atoms with Crippen LogP contribution in [-0.4, -0.2) is 4.68 Å². The molecule has 0 atom stereocenters. The van der Waals surface area contributed by atoms with Crippen LogP contribution in [0.15, 0.2) is 28.7 Å². The summed E-state index contributed by atoms with van der Waals surface area (Å²) >= 11 is 4.83. The summed E-state index contributed by atoms with van der Waals surface area (Å²) in [4.78, 5) is 0.297. The lowest BCUT2D eigenvalue weighted by atomic mass is 10.3. The molecule has 1 aromatic carbocycles. The first-order valence-electron chi connectivity index (χ1n) is 3.15. The van der Waals surface area contributed by atoms with Gasteiger partial charge in [0.2, 0.25) is 0 Å². The van der Waals surface area contributed by atoms with Gasteiger partial charge in [-0.1, -0.05) is 12.1 Å². The van der Waals surface area contributed by atoms with E-state index < -0.39 is 0 Å². The van der Waals surface area contributed by atoms with Crippen molar-refractivity contribution >= 4 is 23.3 Å². The van der Waals surface area contributed by atoms with Crippen LogP contribution < -0.4 is 5.84 Å². The Bertz CT molecular complexity index is 443. The molecule has 4 heteroatoms. The maximum atomic E-state index is 5.56. The van der Waals surface area contributed by atoms with Crippen molar-refractivity contribution in [3.8, 4) is 0 Å². The second-order valence-electron chi connectivity index (χ2n) is 2.21. The first-order chi connectivity index (χ1) is 5.29. The number of para-hydroxylation sites is 2. The molecule has 0 fully saturated rings. The Kier molecular flexibility index (Phi) is 1.22. The summed E-state index contributed by atoms with van der Waals surface area (Å²) in [6.45, 7) is 0. The second-order valence-corrected chi connectivity index (χ2v) is 2.55. The molecule has 3 nitrogen and oxygen atoms in total. The van der Waals surface area contributed by atoms with E-state index >= 15 is 0 Å². The molecule has 0 amide bonds. The molecule has 0 radical (unpaired) electrons. The number of oxazole rings is 1. The van der Waals surface area contributed by atoms with Gasteiger partial charge in [-0.15, -0.1) is 0 Å². The Morgan fingerprint density at radius 3 is 2.82 bits per heavy atom. The molecule has 0 aliphatic carbocycles. The lowest BCUT2D eigenvalue weighted by molar-refractivity contribution is 0.565. The third-order valence-corrected chi connectivity index (χ3v) is 1.80. The minimum atomic E-state index is 0.297. The first-order valence-corrected chi connectivity index (χ1v) is 3.55. The number of nitrogen functional groups attached to an aromatic ring is 1. The third kappa shape index (κ3) is 0.832. The van der Waals surface area contributed by atoms with Crippen LogP contribution in [0.2, 0.25) is 0 Å². The number of hydrogen-bond donors (Lipinski definition) is 1. The molecule has 0 unspecified atom stereocenters. The molecule has 2 aromatic rings. The van der Waals surface area contributed by atoms with Crippen LogP contribution in [0.4, 0.5) is 0 Å². The predicted octanol–water partition coefficient (Wildman–Crippen LogP) is 1.68. The number of hydrogen-bond acceptors (Lipinski definition) is 3. The maximum absolute atomic E-state index is 5.56. The molecule has 1 heterocycles. The van der Waals surface area contributed by atoms with Crippen molar-refractivity contribution in [2.24, 2.45) is 0 Å². The Morgan fingerprint density at radius 1 is 1.36 bits per heavy atom. The summed E-state index contributed by atoms with van der Waals surface area (Å²) in [7, 11) is 0. The number of aromatic nitrogens is 1. The van der Waals surface area contributed by atoms with Gasteiger partial charge in [0, 0.05) is 0 Å². The third-order valence-electron chi connectivity index (χ3n) is 1.52. The van der Waals surface area contributed by atoms with Crippen LogP contribution in [0.3, 0.4) is 0 Å². The molecular formula is C7H6N2OS. The molecule has 0 aliphatic heterocycles. The van der Waals surface area contributed by atoms with Gasteiger partial charge in [-0.3, -0.25) is 0 Å². The topological polar surface area (TPSA) is 44.1 Å². The zero-order valence-corrected chi connectivity index (χ0v) is 6.47. The van der Waals surface area contributed by atoms with E-state index in [9.17, 15) is 0 Å². The highest BCUT2D eigenvalue weighted by Crippen LogP contribution is 2.13. The largest absolute Gasteiger partial charge is 0.428 e. The molecule has 0 spiro atoms. The Hall–Kier alpha value is -1.29. The molecule has 0 saturated heterocycles. The van der Waals surface area contributed by atoms with Gasteiger partial charge in [-0.2, -0.15) is 0 Å². The van der Waals surface area contributed by atoms with Crippen molar-refractivity contribution in [2.75, 3.05) is 5.84 Å². The summed E-state index contributed by atoms with van der Waals surface area (Å²) in [5.41, 5.74) is 1.54. The van der Waals surface area contributed by atoms with Gasteiger partial charge in [-0.25, -0.2) is 4.68 Å². The van der Waals surface area contributed by atoms with Gasteiger partial charge in [-0.05, 0) is 24.4 Å². The minimum absolute atomic E-state index is 0.297. The molecule has 11 heavy (non-hydrogen) atoms. The highest BCUT2D eigenvalue weighted by atomic mass is 32.1. The normalized spacial score (nSPS) is 10.5. The average Bonchev–Trinajstić information content (AvgIpc) is 2.30. The van der Waals surface area contributed by atoms with Gasteiger partial charge in [0.25, 0.3) is 4.84 Å². The lowest BCUT2D eigenvalue weighted by Crippen LogP contribution is -2.06. The molecule has 56 valence electrons. The van der Waals surface area contributed by atoms with Gasteiger partial charge in [0.05, 0.1) is 0 Å². The van der Waals surface area contributed by atoms with E-state index in [-0.39, 0.29) is 0 Å². The molecular weight excluding hydrogens is 160 g/mol. The number of fused-ring (bicyclic) bond motifs is 1. The first kappa shape index (κ1) is 6.42. The molecule has 2 N–H and O–H groups in total. The summed E-state index contributed by atoms with van der Waals surface area (Å²) in [5, 5.41) is 0. The number of nitrogens with two attached hydrogens (primary N) is 1. The summed E-state index contributed by atoms with van der Waals surface area (Å²) in [6.07, 6.45) is 0. The van der Waals surface area contributed by atoms with Crippen molar-refractivity contribution in [2.45, 2.75) is 0 Å². The summed E-state index contributed by atoms with van der Waals surface area (Å²) in [5.74, 6) is 5.56. The van der Waals surface area contributed by atoms with Crippen LogP contribution in [0.25, 0.3) is 11.1 Å². The number of rotatable bonds is 0. The zero-order valence-electron chi connectivity index (χ0n) is 5.65. The van der Waals surface area contributed by atoms with Gasteiger partial charge >= 0.3 is 0 Å². The Balaban J connectivity index is 3.04. The minimum Gasteiger partial charge on any atom is -0.428 e. The molecule has 0 bridgehead atoms. The van der Waals surface area contributed by atoms with Crippen LogP contribution in [-0.2, 0) is 0 Å². The average molecular weight is 166 g/mol. The van der Waals surface area contributed by atoms with Crippen LogP contribution in [0.1, 0.15) is 0 Å². The number of benzene rings is 1. The van der Waals surface area contributed by atoms with Crippen molar-refractivity contribution in [3.05, 3.63) is 29.1 Å². The van der Waals surface area contributed by atoms with E-state index in [4.69, 9.17) is 22.5 Å². The van der Waals surface area contributed by atoms with E-state index in [1.54, 1.807) is 0 Å². The summed E-state index contributed by atoms with van der Waals surface area (Å²) < 4.78 is 6.50. The van der Waals surface area contributed by atoms with E-state index in [0.29, 0.717) is 4.84 Å². The van der Waals surface area contributed by atoms with Gasteiger partial charge in [0.15, 0.2) is 5.58 Å². The van der Waals surface area contributed by atoms with Crippen LogP contribution >= 0.6 is 12.2 Å². The van der Waals surface area contributed by atoms with E-state index in [1.165, 1.54) is 4.68 Å². The van der Waals surface area contributed by atoms with Crippen molar-refractivity contribution in [1.29, 1.82) is 0 Å². The van der Waals surface area contributed by atoms with E-state index in [2.05, 4.69) is 0 Å². The Labute approximate surface area is 68.0 Å². The van der Waals surface area contributed by atoms with Gasteiger partial charge in [0.1, 0.15) is 5.52 Å². The lowest BCUT2D eigenvalue weighted by Gasteiger charge is -1.88. The van der Waals surface area contributed by atoms with Crippen LogP contribution in [0, 0.1) is 4.84 Å². The van der Waals surface area contributed by atoms with Crippen molar-refractivity contribution < 1.29 is 4.42 Å². The molecule has 1 aromatic heterocycles. The quantitative estimate of drug-likeness (QED) is 0.478. The predicted molar refractivity (Wildman–Crippen MR) is 45.2 cm³/mol. The smallest absolute Gasteiger partial charge is 0.288 e. The maximum Gasteiger partial charge on any atom is 0.288 e.